The van der Waals surface area contributed by atoms with E-state index in [0.717, 1.165) is 59.8 Å². The molecule has 0 bridgehead atoms. The number of hydrogen-bond acceptors (Lipinski definition) is 8. The summed E-state index contributed by atoms with van der Waals surface area (Å²) in [6.07, 6.45) is 1.97. The number of thioether (sulfide) groups is 1. The molecule has 3 aliphatic rings. The van der Waals surface area contributed by atoms with Crippen LogP contribution in [-0.4, -0.2) is 53.6 Å². The number of rotatable bonds is 7. The van der Waals surface area contributed by atoms with E-state index in [2.05, 4.69) is 37.1 Å². The van der Waals surface area contributed by atoms with Gasteiger partial charge in [0, 0.05) is 29.1 Å². The Kier molecular flexibility index (Phi) is 8.26. The molecule has 3 aromatic rings. The van der Waals surface area contributed by atoms with Crippen LogP contribution in [0.2, 0.25) is 0 Å². The Morgan fingerprint density at radius 1 is 1.16 bits per heavy atom. The van der Waals surface area contributed by atoms with Gasteiger partial charge in [0.1, 0.15) is 17.0 Å². The van der Waals surface area contributed by atoms with Crippen LogP contribution >= 0.6 is 11.8 Å². The SMILES string of the molecule is CCN1CCCC(NC(=O)C2Sc3c(N)ccc4c3C2C(N)C(=O)C4(N)c2ccc(Oc3ccccc3C(C)C)cc2C)C1. The van der Waals surface area contributed by atoms with Crippen molar-refractivity contribution in [3.8, 4) is 11.5 Å². The molecule has 232 valence electrons. The lowest BCUT2D eigenvalue weighted by molar-refractivity contribution is -0.126. The molecule has 0 spiro atoms. The number of Topliss-reactive ketones (excluding diaryl/α,β-unsaturated/α-hetero) is 1. The maximum Gasteiger partial charge on any atom is 0.234 e. The number of carbonyl (C=O) groups is 2. The maximum absolute atomic E-state index is 14.3. The number of nitrogens with two attached hydrogens (primary N) is 3. The Bertz CT molecular complexity index is 1610. The highest BCUT2D eigenvalue weighted by Crippen LogP contribution is 2.56. The Labute approximate surface area is 264 Å². The monoisotopic (exact) mass is 613 g/mol. The Morgan fingerprint density at radius 2 is 1.91 bits per heavy atom. The van der Waals surface area contributed by atoms with E-state index in [-0.39, 0.29) is 17.7 Å². The van der Waals surface area contributed by atoms with E-state index in [1.54, 1.807) is 6.07 Å². The highest BCUT2D eigenvalue weighted by molar-refractivity contribution is 8.01. The summed E-state index contributed by atoms with van der Waals surface area (Å²) in [5.41, 5.74) is 23.6. The average molecular weight is 614 g/mol. The van der Waals surface area contributed by atoms with Crippen molar-refractivity contribution < 1.29 is 14.3 Å². The molecule has 3 aromatic carbocycles. The maximum atomic E-state index is 14.3. The molecule has 5 atom stereocenters. The number of ketones is 1. The van der Waals surface area contributed by atoms with E-state index < -0.39 is 22.7 Å². The molecule has 0 radical (unpaired) electrons. The van der Waals surface area contributed by atoms with Crippen molar-refractivity contribution in [3.05, 3.63) is 82.4 Å². The number of benzene rings is 3. The number of carbonyl (C=O) groups excluding carboxylic acids is 2. The number of likely N-dealkylation sites (tertiary alicyclic amines) is 1. The number of likely N-dealkylation sites (N-methyl/N-ethyl adjacent to an activating group) is 1. The van der Waals surface area contributed by atoms with Gasteiger partial charge in [-0.15, -0.1) is 11.8 Å². The van der Waals surface area contributed by atoms with Crippen LogP contribution in [0.5, 0.6) is 11.5 Å². The van der Waals surface area contributed by atoms with Crippen molar-refractivity contribution >= 4 is 29.1 Å². The van der Waals surface area contributed by atoms with Gasteiger partial charge in [0.2, 0.25) is 5.91 Å². The van der Waals surface area contributed by atoms with Crippen LogP contribution in [0.25, 0.3) is 0 Å². The largest absolute Gasteiger partial charge is 0.457 e. The summed E-state index contributed by atoms with van der Waals surface area (Å²) in [6.45, 7) is 11.2. The topological polar surface area (TPSA) is 137 Å². The predicted molar refractivity (Wildman–Crippen MR) is 176 cm³/mol. The molecule has 8 nitrogen and oxygen atoms in total. The third kappa shape index (κ3) is 5.09. The van der Waals surface area contributed by atoms with Crippen molar-refractivity contribution in [2.24, 2.45) is 11.5 Å². The Balaban J connectivity index is 1.34. The van der Waals surface area contributed by atoms with Crippen LogP contribution in [0.4, 0.5) is 5.69 Å². The second kappa shape index (κ2) is 11.9. The van der Waals surface area contributed by atoms with E-state index >= 15 is 0 Å². The first-order valence-electron chi connectivity index (χ1n) is 15.6. The van der Waals surface area contributed by atoms with Crippen LogP contribution in [0.3, 0.4) is 0 Å². The summed E-state index contributed by atoms with van der Waals surface area (Å²) in [4.78, 5) is 31.2. The molecular weight excluding hydrogens is 570 g/mol. The molecule has 2 aliphatic heterocycles. The van der Waals surface area contributed by atoms with E-state index in [4.69, 9.17) is 21.9 Å². The number of nitrogen functional groups attached to an aromatic ring is 1. The summed E-state index contributed by atoms with van der Waals surface area (Å²) < 4.78 is 6.30. The quantitative estimate of drug-likeness (QED) is 0.280. The van der Waals surface area contributed by atoms with Gasteiger partial charge < -0.3 is 32.2 Å². The van der Waals surface area contributed by atoms with Crippen LogP contribution in [-0.2, 0) is 15.1 Å². The molecule has 2 heterocycles. The van der Waals surface area contributed by atoms with Gasteiger partial charge in [0.15, 0.2) is 5.78 Å². The zero-order chi connectivity index (χ0) is 31.3. The van der Waals surface area contributed by atoms with E-state index in [1.807, 2.05) is 49.4 Å². The number of anilines is 1. The third-order valence-corrected chi connectivity index (χ3v) is 11.0. The smallest absolute Gasteiger partial charge is 0.234 e. The molecule has 0 aromatic heterocycles. The zero-order valence-electron chi connectivity index (χ0n) is 25.9. The van der Waals surface area contributed by atoms with E-state index in [0.29, 0.717) is 28.5 Å². The van der Waals surface area contributed by atoms with Crippen molar-refractivity contribution in [2.45, 2.75) is 80.1 Å². The van der Waals surface area contributed by atoms with Gasteiger partial charge in [-0.2, -0.15) is 0 Å². The lowest BCUT2D eigenvalue weighted by Crippen LogP contribution is -2.61. The number of nitrogens with one attached hydrogen (secondary N) is 1. The van der Waals surface area contributed by atoms with Crippen molar-refractivity contribution in [1.29, 1.82) is 0 Å². The molecule has 7 N–H and O–H groups in total. The highest BCUT2D eigenvalue weighted by Gasteiger charge is 2.57. The molecule has 9 heteroatoms. The Morgan fingerprint density at radius 3 is 2.64 bits per heavy atom. The molecule has 1 amide bonds. The van der Waals surface area contributed by atoms with E-state index in [1.165, 1.54) is 11.8 Å². The van der Waals surface area contributed by atoms with Crippen LogP contribution in [0, 0.1) is 6.92 Å². The van der Waals surface area contributed by atoms with Gasteiger partial charge in [-0.3, -0.25) is 9.59 Å². The predicted octanol–water partition coefficient (Wildman–Crippen LogP) is 4.76. The molecule has 0 saturated carbocycles. The average Bonchev–Trinajstić information content (AvgIpc) is 3.42. The molecule has 1 aliphatic carbocycles. The van der Waals surface area contributed by atoms with E-state index in [9.17, 15) is 9.59 Å². The van der Waals surface area contributed by atoms with Gasteiger partial charge in [-0.05, 0) is 90.9 Å². The highest BCUT2D eigenvalue weighted by atomic mass is 32.2. The number of amides is 1. The van der Waals surface area contributed by atoms with Crippen molar-refractivity contribution in [1.82, 2.24) is 10.2 Å². The number of hydrogen-bond donors (Lipinski definition) is 4. The summed E-state index contributed by atoms with van der Waals surface area (Å²) in [5.74, 6) is 0.841. The van der Waals surface area contributed by atoms with Crippen molar-refractivity contribution in [3.63, 3.8) is 0 Å². The fourth-order valence-corrected chi connectivity index (χ4v) is 8.72. The fraction of sp³-hybridized carbons (Fsp3) is 0.429. The molecule has 1 saturated heterocycles. The van der Waals surface area contributed by atoms with Crippen molar-refractivity contribution in [2.75, 3.05) is 25.4 Å². The standard InChI is InChI=1S/C35H43N5O3S/c1-5-40-16-8-9-21(18-40)39-34(42)32-29-28-25(14-15-26(36)31(28)44-32)35(38,33(41)30(29)37)24-13-12-22(17-20(24)4)43-27-11-7-6-10-23(27)19(2)3/h6-7,10-15,17,19,21,29-30,32H,5,8-9,16,18,36-38H2,1-4H3,(H,39,42). The molecule has 6 rings (SSSR count). The minimum Gasteiger partial charge on any atom is -0.457 e. The fourth-order valence-electron chi connectivity index (χ4n) is 7.26. The second-order valence-corrected chi connectivity index (χ2v) is 13.9. The number of aryl methyl sites for hydroxylation is 1. The molecule has 44 heavy (non-hydrogen) atoms. The minimum atomic E-state index is -1.50. The van der Waals surface area contributed by atoms with Crippen LogP contribution in [0.15, 0.2) is 59.5 Å². The zero-order valence-corrected chi connectivity index (χ0v) is 26.7. The minimum absolute atomic E-state index is 0.0670. The van der Waals surface area contributed by atoms with Gasteiger partial charge in [0.25, 0.3) is 0 Å². The molecule has 1 fully saturated rings. The summed E-state index contributed by atoms with van der Waals surface area (Å²) in [6, 6.07) is 16.4. The first-order chi connectivity index (χ1) is 21.0. The second-order valence-electron chi connectivity index (χ2n) is 12.7. The van der Waals surface area contributed by atoms with Gasteiger partial charge in [0.05, 0.1) is 11.3 Å². The third-order valence-electron chi connectivity index (χ3n) is 9.58. The lowest BCUT2D eigenvalue weighted by Gasteiger charge is -2.42. The van der Waals surface area contributed by atoms with Gasteiger partial charge >= 0.3 is 0 Å². The molecule has 5 unspecified atom stereocenters. The van der Waals surface area contributed by atoms with Crippen LogP contribution in [0.1, 0.15) is 73.3 Å². The Hall–Kier alpha value is -3.37. The first-order valence-corrected chi connectivity index (χ1v) is 16.5. The molecular formula is C35H43N5O3S. The van der Waals surface area contributed by atoms with Gasteiger partial charge in [-0.25, -0.2) is 0 Å². The van der Waals surface area contributed by atoms with Gasteiger partial charge in [-0.1, -0.05) is 51.1 Å². The lowest BCUT2D eigenvalue weighted by atomic mass is 9.64. The number of ether oxygens (including phenoxy) is 1. The normalized spacial score (nSPS) is 26.5. The van der Waals surface area contributed by atoms with Crippen LogP contribution < -0.4 is 27.3 Å². The summed E-state index contributed by atoms with van der Waals surface area (Å²) in [5, 5.41) is 2.70. The summed E-state index contributed by atoms with van der Waals surface area (Å²) >= 11 is 1.41. The first kappa shape index (κ1) is 30.6. The number of para-hydroxylation sites is 1. The summed E-state index contributed by atoms with van der Waals surface area (Å²) in [7, 11) is 0. The number of piperidine rings is 1. The number of nitrogens with zero attached hydrogens (tertiary/aromatic N) is 1.